The van der Waals surface area contributed by atoms with Gasteiger partial charge in [0.1, 0.15) is 0 Å². The van der Waals surface area contributed by atoms with E-state index in [1.807, 2.05) is 0 Å². The summed E-state index contributed by atoms with van der Waals surface area (Å²) < 4.78 is 2.16. The van der Waals surface area contributed by atoms with Crippen molar-refractivity contribution in [2.45, 2.75) is 12.5 Å². The van der Waals surface area contributed by atoms with Crippen LogP contribution in [0.1, 0.15) is 6.42 Å². The Bertz CT molecular complexity index is 287. The Morgan fingerprint density at radius 3 is 3.00 bits per heavy atom. The van der Waals surface area contributed by atoms with Gasteiger partial charge in [-0.05, 0) is 6.08 Å². The summed E-state index contributed by atoms with van der Waals surface area (Å²) in [5.74, 6) is 0.0276. The topological polar surface area (TPSA) is 47.3 Å². The standard InChI is InChI=1S/C10H14IN3O/c1-2-10(15)8-13-5-6-14(11)7-9(13)3-4-12/h2,9H,1,3,5-8H2/t9-/m1/s1. The Hall–Kier alpha value is -0.450. The highest BCUT2D eigenvalue weighted by molar-refractivity contribution is 14.1. The monoisotopic (exact) mass is 319 g/mol. The molecule has 0 spiro atoms. The van der Waals surface area contributed by atoms with E-state index in [9.17, 15) is 4.79 Å². The van der Waals surface area contributed by atoms with Crippen molar-refractivity contribution in [1.29, 1.82) is 5.26 Å². The lowest BCUT2D eigenvalue weighted by atomic mass is 10.1. The van der Waals surface area contributed by atoms with Gasteiger partial charge in [-0.2, -0.15) is 5.26 Å². The van der Waals surface area contributed by atoms with Gasteiger partial charge >= 0.3 is 0 Å². The van der Waals surface area contributed by atoms with Crippen molar-refractivity contribution in [2.75, 3.05) is 26.2 Å². The molecule has 0 aromatic carbocycles. The third-order valence-electron chi connectivity index (χ3n) is 2.47. The van der Waals surface area contributed by atoms with E-state index in [0.29, 0.717) is 13.0 Å². The van der Waals surface area contributed by atoms with Crippen LogP contribution in [0, 0.1) is 11.3 Å². The quantitative estimate of drug-likeness (QED) is 0.440. The highest BCUT2D eigenvalue weighted by Crippen LogP contribution is 2.15. The van der Waals surface area contributed by atoms with Gasteiger partial charge < -0.3 is 0 Å². The Kier molecular flexibility index (Phi) is 5.22. The van der Waals surface area contributed by atoms with Crippen LogP contribution in [0.4, 0.5) is 0 Å². The summed E-state index contributed by atoms with van der Waals surface area (Å²) in [5.41, 5.74) is 0. The van der Waals surface area contributed by atoms with Crippen molar-refractivity contribution in [3.63, 3.8) is 0 Å². The first kappa shape index (κ1) is 12.6. The molecule has 1 saturated heterocycles. The molecule has 1 atom stereocenters. The van der Waals surface area contributed by atoms with Gasteiger partial charge in [0.05, 0.1) is 19.0 Å². The number of piperazine rings is 1. The van der Waals surface area contributed by atoms with E-state index >= 15 is 0 Å². The van der Waals surface area contributed by atoms with Gasteiger partial charge in [-0.15, -0.1) is 0 Å². The smallest absolute Gasteiger partial charge is 0.169 e. The molecular formula is C10H14IN3O. The largest absolute Gasteiger partial charge is 0.293 e. The third-order valence-corrected chi connectivity index (χ3v) is 3.34. The number of carbonyl (C=O) groups is 1. The molecule has 1 heterocycles. The fourth-order valence-corrected chi connectivity index (χ4v) is 2.30. The molecule has 0 radical (unpaired) electrons. The second kappa shape index (κ2) is 6.20. The van der Waals surface area contributed by atoms with Crippen molar-refractivity contribution < 1.29 is 4.79 Å². The second-order valence-electron chi connectivity index (χ2n) is 3.53. The van der Waals surface area contributed by atoms with Gasteiger partial charge in [0.2, 0.25) is 0 Å². The number of hydrogen-bond acceptors (Lipinski definition) is 4. The van der Waals surface area contributed by atoms with Crippen LogP contribution in [0.25, 0.3) is 0 Å². The number of hydrogen-bond donors (Lipinski definition) is 0. The first-order valence-electron chi connectivity index (χ1n) is 4.84. The van der Waals surface area contributed by atoms with Crippen LogP contribution in [-0.2, 0) is 4.79 Å². The lowest BCUT2D eigenvalue weighted by Crippen LogP contribution is -2.51. The number of carbonyl (C=O) groups excluding carboxylic acids is 1. The van der Waals surface area contributed by atoms with E-state index in [1.54, 1.807) is 0 Å². The minimum Gasteiger partial charge on any atom is -0.293 e. The average molecular weight is 319 g/mol. The molecule has 0 aromatic heterocycles. The Morgan fingerprint density at radius 1 is 1.67 bits per heavy atom. The number of halogens is 1. The maximum absolute atomic E-state index is 11.3. The van der Waals surface area contributed by atoms with Crippen molar-refractivity contribution in [3.05, 3.63) is 12.7 Å². The minimum atomic E-state index is 0.0276. The van der Waals surface area contributed by atoms with Crippen LogP contribution in [0.3, 0.4) is 0 Å². The molecule has 0 amide bonds. The molecule has 0 saturated carbocycles. The van der Waals surface area contributed by atoms with Gasteiger partial charge in [-0.25, -0.2) is 3.11 Å². The molecular weight excluding hydrogens is 305 g/mol. The zero-order valence-corrected chi connectivity index (χ0v) is 10.7. The first-order chi connectivity index (χ1) is 7.17. The molecule has 1 fully saturated rings. The van der Waals surface area contributed by atoms with Gasteiger partial charge in [0, 0.05) is 48.5 Å². The zero-order chi connectivity index (χ0) is 11.3. The highest BCUT2D eigenvalue weighted by Gasteiger charge is 2.26. The molecule has 0 N–H and O–H groups in total. The fourth-order valence-electron chi connectivity index (χ4n) is 1.63. The van der Waals surface area contributed by atoms with Crippen molar-refractivity contribution in [2.24, 2.45) is 0 Å². The average Bonchev–Trinajstić information content (AvgIpc) is 2.22. The molecule has 0 aromatic rings. The van der Waals surface area contributed by atoms with Crippen LogP contribution < -0.4 is 0 Å². The third kappa shape index (κ3) is 3.89. The summed E-state index contributed by atoms with van der Waals surface area (Å²) in [6.07, 6.45) is 1.82. The summed E-state index contributed by atoms with van der Waals surface area (Å²) in [5, 5.41) is 8.71. The summed E-state index contributed by atoms with van der Waals surface area (Å²) in [7, 11) is 0. The maximum atomic E-state index is 11.3. The van der Waals surface area contributed by atoms with E-state index < -0.39 is 0 Å². The lowest BCUT2D eigenvalue weighted by molar-refractivity contribution is -0.116. The van der Waals surface area contributed by atoms with Crippen LogP contribution in [0.5, 0.6) is 0 Å². The molecule has 1 rings (SSSR count). The van der Waals surface area contributed by atoms with Crippen molar-refractivity contribution in [3.8, 4) is 6.07 Å². The summed E-state index contributed by atoms with van der Waals surface area (Å²) >= 11 is 2.26. The number of rotatable bonds is 4. The van der Waals surface area contributed by atoms with Crippen LogP contribution in [0.15, 0.2) is 12.7 Å². The molecule has 0 bridgehead atoms. The molecule has 0 aliphatic carbocycles. The lowest BCUT2D eigenvalue weighted by Gasteiger charge is -2.37. The van der Waals surface area contributed by atoms with E-state index in [-0.39, 0.29) is 11.8 Å². The van der Waals surface area contributed by atoms with Gasteiger partial charge in [0.15, 0.2) is 5.78 Å². The molecule has 0 unspecified atom stereocenters. The molecule has 1 aliphatic heterocycles. The molecule has 1 aliphatic rings. The number of nitrogens with zero attached hydrogens (tertiary/aromatic N) is 3. The molecule has 82 valence electrons. The summed E-state index contributed by atoms with van der Waals surface area (Å²) in [6, 6.07) is 2.34. The zero-order valence-electron chi connectivity index (χ0n) is 8.53. The first-order valence-corrected chi connectivity index (χ1v) is 5.81. The SMILES string of the molecule is C=CC(=O)CN1CCN(I)C[C@H]1CC#N. The molecule has 15 heavy (non-hydrogen) atoms. The number of nitriles is 1. The molecule has 4 nitrogen and oxygen atoms in total. The normalized spacial score (nSPS) is 23.3. The predicted octanol–water partition coefficient (Wildman–Crippen LogP) is 0.991. The van der Waals surface area contributed by atoms with E-state index in [2.05, 4.69) is 43.5 Å². The number of ketones is 1. The van der Waals surface area contributed by atoms with Gasteiger partial charge in [0.25, 0.3) is 0 Å². The van der Waals surface area contributed by atoms with Crippen molar-refractivity contribution >= 4 is 28.6 Å². The molecule has 5 heteroatoms. The maximum Gasteiger partial charge on any atom is 0.169 e. The minimum absolute atomic E-state index is 0.0276. The Morgan fingerprint density at radius 2 is 2.40 bits per heavy atom. The van der Waals surface area contributed by atoms with E-state index in [1.165, 1.54) is 6.08 Å². The second-order valence-corrected chi connectivity index (χ2v) is 4.89. The van der Waals surface area contributed by atoms with Gasteiger partial charge in [-0.3, -0.25) is 9.69 Å². The van der Waals surface area contributed by atoms with Crippen LogP contribution in [-0.4, -0.2) is 46.0 Å². The highest BCUT2D eigenvalue weighted by atomic mass is 127. The fraction of sp³-hybridized carbons (Fsp3) is 0.600. The van der Waals surface area contributed by atoms with E-state index in [0.717, 1.165) is 19.6 Å². The summed E-state index contributed by atoms with van der Waals surface area (Å²) in [6.45, 7) is 6.47. The predicted molar refractivity (Wildman–Crippen MR) is 66.4 cm³/mol. The van der Waals surface area contributed by atoms with Crippen LogP contribution in [0.2, 0.25) is 0 Å². The van der Waals surface area contributed by atoms with Crippen LogP contribution >= 0.6 is 22.9 Å². The van der Waals surface area contributed by atoms with E-state index in [4.69, 9.17) is 5.26 Å². The van der Waals surface area contributed by atoms with Crippen molar-refractivity contribution in [1.82, 2.24) is 8.01 Å². The summed E-state index contributed by atoms with van der Waals surface area (Å²) in [4.78, 5) is 13.3. The van der Waals surface area contributed by atoms with Gasteiger partial charge in [-0.1, -0.05) is 6.58 Å². The Labute approximate surface area is 104 Å². The Balaban J connectivity index is 2.56.